The van der Waals surface area contributed by atoms with Crippen molar-refractivity contribution in [1.29, 1.82) is 0 Å². The summed E-state index contributed by atoms with van der Waals surface area (Å²) in [5.41, 5.74) is 2.44. The molecule has 0 saturated carbocycles. The molecule has 0 atom stereocenters. The first-order valence-electron chi connectivity index (χ1n) is 7.90. The number of imidazole rings is 1. The Morgan fingerprint density at radius 2 is 1.92 bits per heavy atom. The van der Waals surface area contributed by atoms with Gasteiger partial charge in [0.2, 0.25) is 5.91 Å². The number of thiophene rings is 1. The molecule has 0 unspecified atom stereocenters. The molecule has 128 valence electrons. The maximum atomic E-state index is 11.9. The van der Waals surface area contributed by atoms with Crippen molar-refractivity contribution in [3.63, 3.8) is 0 Å². The molecule has 3 aromatic rings. The summed E-state index contributed by atoms with van der Waals surface area (Å²) in [4.78, 5) is 32.3. The zero-order valence-corrected chi connectivity index (χ0v) is 14.3. The third kappa shape index (κ3) is 4.54. The lowest BCUT2D eigenvalue weighted by atomic mass is 10.2. The molecular formula is C18H18N4O2S. The van der Waals surface area contributed by atoms with Crippen molar-refractivity contribution in [2.24, 2.45) is 0 Å². The van der Waals surface area contributed by atoms with Gasteiger partial charge in [0.25, 0.3) is 5.91 Å². The normalized spacial score (nSPS) is 10.4. The van der Waals surface area contributed by atoms with Gasteiger partial charge >= 0.3 is 0 Å². The van der Waals surface area contributed by atoms with Crippen LogP contribution in [-0.4, -0.2) is 34.9 Å². The van der Waals surface area contributed by atoms with Gasteiger partial charge in [-0.15, -0.1) is 11.3 Å². The van der Waals surface area contributed by atoms with Crippen molar-refractivity contribution >= 4 is 23.2 Å². The zero-order chi connectivity index (χ0) is 17.5. The summed E-state index contributed by atoms with van der Waals surface area (Å²) in [6, 6.07) is 12.8. The van der Waals surface area contributed by atoms with Crippen molar-refractivity contribution in [2.45, 2.75) is 6.42 Å². The molecule has 0 spiro atoms. The predicted molar refractivity (Wildman–Crippen MR) is 97.4 cm³/mol. The van der Waals surface area contributed by atoms with Gasteiger partial charge in [-0.2, -0.15) is 0 Å². The number of benzene rings is 1. The van der Waals surface area contributed by atoms with E-state index in [-0.39, 0.29) is 18.4 Å². The second-order valence-corrected chi connectivity index (χ2v) is 6.30. The number of aromatic amines is 1. The molecule has 7 heteroatoms. The quantitative estimate of drug-likeness (QED) is 0.608. The van der Waals surface area contributed by atoms with Gasteiger partial charge in [-0.1, -0.05) is 24.3 Å². The van der Waals surface area contributed by atoms with E-state index in [1.165, 1.54) is 0 Å². The summed E-state index contributed by atoms with van der Waals surface area (Å²) >= 11 is 1.63. The van der Waals surface area contributed by atoms with Gasteiger partial charge in [0.05, 0.1) is 17.7 Å². The molecule has 2 heterocycles. The molecule has 0 aliphatic carbocycles. The van der Waals surface area contributed by atoms with Crippen LogP contribution in [0.4, 0.5) is 0 Å². The molecule has 3 rings (SSSR count). The van der Waals surface area contributed by atoms with E-state index in [0.29, 0.717) is 18.5 Å². The number of amides is 2. The maximum absolute atomic E-state index is 11.9. The molecule has 25 heavy (non-hydrogen) atoms. The number of carbonyl (C=O) groups is 2. The van der Waals surface area contributed by atoms with E-state index in [1.54, 1.807) is 41.9 Å². The minimum atomic E-state index is -0.260. The lowest BCUT2D eigenvalue weighted by molar-refractivity contribution is -0.120. The standard InChI is InChI=1S/C18H18N4O2S/c23-16(11-20-18(24)13-5-2-1-3-6-13)19-9-8-14-17(22-12-21-14)15-7-4-10-25-15/h1-7,10,12H,8-9,11H2,(H,19,23)(H,20,24)(H,21,22). The Kier molecular flexibility index (Phi) is 5.58. The average molecular weight is 354 g/mol. The first-order valence-corrected chi connectivity index (χ1v) is 8.78. The minimum absolute atomic E-state index is 0.0471. The van der Waals surface area contributed by atoms with Crippen LogP contribution in [0.2, 0.25) is 0 Å². The molecule has 0 aliphatic rings. The number of H-pyrrole nitrogens is 1. The van der Waals surface area contributed by atoms with Crippen molar-refractivity contribution < 1.29 is 9.59 Å². The topological polar surface area (TPSA) is 86.9 Å². The fourth-order valence-corrected chi connectivity index (χ4v) is 3.13. The number of rotatable bonds is 7. The first kappa shape index (κ1) is 16.9. The van der Waals surface area contributed by atoms with Crippen LogP contribution in [0.5, 0.6) is 0 Å². The Morgan fingerprint density at radius 1 is 1.08 bits per heavy atom. The predicted octanol–water partition coefficient (Wildman–Crippen LogP) is 2.23. The fourth-order valence-electron chi connectivity index (χ4n) is 2.38. The van der Waals surface area contributed by atoms with Crippen LogP contribution in [0.25, 0.3) is 10.6 Å². The Balaban J connectivity index is 1.43. The highest BCUT2D eigenvalue weighted by molar-refractivity contribution is 7.13. The van der Waals surface area contributed by atoms with E-state index in [4.69, 9.17) is 0 Å². The SMILES string of the molecule is O=C(CNC(=O)c1ccccc1)NCCc1[nH]cnc1-c1cccs1. The average Bonchev–Trinajstić information content (AvgIpc) is 3.31. The Morgan fingerprint density at radius 3 is 2.68 bits per heavy atom. The summed E-state index contributed by atoms with van der Waals surface area (Å²) in [5, 5.41) is 7.41. The third-order valence-electron chi connectivity index (χ3n) is 3.62. The summed E-state index contributed by atoms with van der Waals surface area (Å²) < 4.78 is 0. The first-order chi connectivity index (χ1) is 12.2. The van der Waals surface area contributed by atoms with E-state index in [0.717, 1.165) is 16.3 Å². The molecule has 0 bridgehead atoms. The largest absolute Gasteiger partial charge is 0.354 e. The molecule has 2 aromatic heterocycles. The Hall–Kier alpha value is -2.93. The maximum Gasteiger partial charge on any atom is 0.251 e. The number of hydrogen-bond donors (Lipinski definition) is 3. The van der Waals surface area contributed by atoms with Crippen LogP contribution < -0.4 is 10.6 Å². The zero-order valence-electron chi connectivity index (χ0n) is 13.5. The number of nitrogens with zero attached hydrogens (tertiary/aromatic N) is 1. The van der Waals surface area contributed by atoms with Crippen LogP contribution in [0, 0.1) is 0 Å². The summed E-state index contributed by atoms with van der Waals surface area (Å²) in [6.07, 6.45) is 2.30. The molecule has 6 nitrogen and oxygen atoms in total. The molecule has 0 saturated heterocycles. The van der Waals surface area contributed by atoms with E-state index >= 15 is 0 Å². The highest BCUT2D eigenvalue weighted by atomic mass is 32.1. The van der Waals surface area contributed by atoms with Crippen molar-refractivity contribution in [3.05, 3.63) is 65.4 Å². The molecule has 2 amide bonds. The van der Waals surface area contributed by atoms with Crippen LogP contribution in [0.1, 0.15) is 16.1 Å². The van der Waals surface area contributed by atoms with E-state index < -0.39 is 0 Å². The van der Waals surface area contributed by atoms with Gasteiger partial charge in [-0.05, 0) is 23.6 Å². The second-order valence-electron chi connectivity index (χ2n) is 5.36. The lowest BCUT2D eigenvalue weighted by Gasteiger charge is -2.07. The third-order valence-corrected chi connectivity index (χ3v) is 4.49. The Labute approximate surface area is 149 Å². The van der Waals surface area contributed by atoms with Crippen LogP contribution in [0.15, 0.2) is 54.2 Å². The van der Waals surface area contributed by atoms with Gasteiger partial charge in [-0.25, -0.2) is 4.98 Å². The molecule has 0 aliphatic heterocycles. The van der Waals surface area contributed by atoms with Crippen molar-refractivity contribution in [1.82, 2.24) is 20.6 Å². The Bertz CT molecular complexity index is 828. The van der Waals surface area contributed by atoms with Gasteiger partial charge in [0.15, 0.2) is 0 Å². The summed E-state index contributed by atoms with van der Waals surface area (Å²) in [6.45, 7) is 0.426. The van der Waals surface area contributed by atoms with Gasteiger partial charge in [-0.3, -0.25) is 9.59 Å². The van der Waals surface area contributed by atoms with Crippen molar-refractivity contribution in [2.75, 3.05) is 13.1 Å². The van der Waals surface area contributed by atoms with E-state index in [1.807, 2.05) is 23.6 Å². The van der Waals surface area contributed by atoms with Gasteiger partial charge < -0.3 is 15.6 Å². The number of carbonyl (C=O) groups excluding carboxylic acids is 2. The van der Waals surface area contributed by atoms with Gasteiger partial charge in [0, 0.05) is 24.2 Å². The summed E-state index contributed by atoms with van der Waals surface area (Å²) in [7, 11) is 0. The minimum Gasteiger partial charge on any atom is -0.354 e. The molecule has 0 fully saturated rings. The van der Waals surface area contributed by atoms with E-state index in [9.17, 15) is 9.59 Å². The molecule has 1 aromatic carbocycles. The number of nitrogens with one attached hydrogen (secondary N) is 3. The van der Waals surface area contributed by atoms with Crippen LogP contribution in [-0.2, 0) is 11.2 Å². The molecule has 0 radical (unpaired) electrons. The number of hydrogen-bond acceptors (Lipinski definition) is 4. The van der Waals surface area contributed by atoms with Crippen LogP contribution >= 0.6 is 11.3 Å². The van der Waals surface area contributed by atoms with E-state index in [2.05, 4.69) is 20.6 Å². The van der Waals surface area contributed by atoms with Gasteiger partial charge in [0.1, 0.15) is 5.69 Å². The summed E-state index contributed by atoms with van der Waals surface area (Å²) in [5.74, 6) is -0.481. The highest BCUT2D eigenvalue weighted by Gasteiger charge is 2.10. The smallest absolute Gasteiger partial charge is 0.251 e. The fraction of sp³-hybridized carbons (Fsp3) is 0.167. The lowest BCUT2D eigenvalue weighted by Crippen LogP contribution is -2.37. The monoisotopic (exact) mass is 354 g/mol. The number of aromatic nitrogens is 2. The molecular weight excluding hydrogens is 336 g/mol. The highest BCUT2D eigenvalue weighted by Crippen LogP contribution is 2.25. The molecule has 3 N–H and O–H groups in total. The second kappa shape index (κ2) is 8.25. The van der Waals surface area contributed by atoms with Crippen molar-refractivity contribution in [3.8, 4) is 10.6 Å². The van der Waals surface area contributed by atoms with Crippen LogP contribution in [0.3, 0.4) is 0 Å².